The van der Waals surface area contributed by atoms with Gasteiger partial charge in [-0.25, -0.2) is 0 Å². The number of para-hydroxylation sites is 1. The van der Waals surface area contributed by atoms with Crippen LogP contribution in [0.15, 0.2) is 53.4 Å². The lowest BCUT2D eigenvalue weighted by Gasteiger charge is -2.39. The zero-order valence-corrected chi connectivity index (χ0v) is 20.0. The van der Waals surface area contributed by atoms with Crippen LogP contribution < -0.4 is 4.90 Å². The van der Waals surface area contributed by atoms with Crippen molar-refractivity contribution in [3.63, 3.8) is 0 Å². The molecule has 0 bridgehead atoms. The van der Waals surface area contributed by atoms with Gasteiger partial charge in [0, 0.05) is 23.5 Å². The van der Waals surface area contributed by atoms with E-state index in [-0.39, 0.29) is 11.2 Å². The Morgan fingerprint density at radius 1 is 0.969 bits per heavy atom. The third-order valence-electron chi connectivity index (χ3n) is 6.91. The second kappa shape index (κ2) is 10.6. The number of likely N-dealkylation sites (tertiary alicyclic amines) is 1. The highest BCUT2D eigenvalue weighted by atomic mass is 32.2. The highest BCUT2D eigenvalue weighted by Crippen LogP contribution is 2.46. The zero-order valence-electron chi connectivity index (χ0n) is 19.2. The van der Waals surface area contributed by atoms with Crippen molar-refractivity contribution in [2.45, 2.75) is 74.6 Å². The molecule has 32 heavy (non-hydrogen) atoms. The Hall–Kier alpha value is -2.29. The van der Waals surface area contributed by atoms with Crippen LogP contribution in [-0.2, 0) is 4.79 Å². The fraction of sp³-hybridized carbons (Fsp3) is 0.481. The number of hydrogen-bond donors (Lipinski definition) is 0. The molecular weight excluding hydrogens is 414 g/mol. The molecule has 2 aliphatic rings. The summed E-state index contributed by atoms with van der Waals surface area (Å²) in [6, 6.07) is 19.2. The quantitative estimate of drug-likeness (QED) is 0.476. The largest absolute Gasteiger partial charge is 0.310 e. The Bertz CT molecular complexity index is 958. The summed E-state index contributed by atoms with van der Waals surface area (Å²) in [5, 5.41) is 8.83. The van der Waals surface area contributed by atoms with Crippen molar-refractivity contribution in [2.24, 2.45) is 0 Å². The van der Waals surface area contributed by atoms with E-state index in [9.17, 15) is 4.79 Å². The van der Waals surface area contributed by atoms with E-state index in [4.69, 9.17) is 5.26 Å². The first-order valence-corrected chi connectivity index (χ1v) is 12.8. The molecule has 0 saturated carbocycles. The van der Waals surface area contributed by atoms with E-state index in [1.807, 2.05) is 29.2 Å². The molecule has 1 saturated heterocycles. The number of benzene rings is 2. The number of nitriles is 1. The molecule has 5 heteroatoms. The van der Waals surface area contributed by atoms with E-state index in [0.29, 0.717) is 17.6 Å². The van der Waals surface area contributed by atoms with E-state index < -0.39 is 0 Å². The number of piperidine rings is 1. The van der Waals surface area contributed by atoms with Gasteiger partial charge in [0.05, 0.1) is 17.3 Å². The first-order valence-electron chi connectivity index (χ1n) is 11.9. The summed E-state index contributed by atoms with van der Waals surface area (Å²) in [4.78, 5) is 19.3. The molecule has 3 atom stereocenters. The second-order valence-corrected chi connectivity index (χ2v) is 10.3. The maximum Gasteiger partial charge on any atom is 0.245 e. The van der Waals surface area contributed by atoms with Crippen LogP contribution in [-0.4, -0.2) is 36.0 Å². The molecule has 0 N–H and O–H groups in total. The van der Waals surface area contributed by atoms with E-state index in [1.54, 1.807) is 23.9 Å². The normalized spacial score (nSPS) is 23.6. The number of amides is 1. The Morgan fingerprint density at radius 2 is 1.66 bits per heavy atom. The number of carbonyl (C=O) groups is 1. The lowest BCUT2D eigenvalue weighted by molar-refractivity contribution is -0.118. The molecule has 4 rings (SSSR count). The molecule has 2 heterocycles. The standard InChI is InChI=1S/C27H33N3OS/c1-20-9-8-10-21(2)29(20)17-6-3-7-18-30-24-11-4-5-12-25(24)32-26(27(30)31)23-15-13-22(19-28)14-16-23/h4-5,11-16,20-21,26H,3,6-10,17-18H2,1-2H3. The average Bonchev–Trinajstić information content (AvgIpc) is 2.81. The molecule has 1 fully saturated rings. The third kappa shape index (κ3) is 5.03. The number of unbranched alkanes of at least 4 members (excludes halogenated alkanes) is 2. The fourth-order valence-corrected chi connectivity index (χ4v) is 6.28. The first kappa shape index (κ1) is 22.9. The maximum absolute atomic E-state index is 13.5. The minimum Gasteiger partial charge on any atom is -0.310 e. The van der Waals surface area contributed by atoms with Gasteiger partial charge < -0.3 is 4.90 Å². The molecule has 0 aromatic heterocycles. The summed E-state index contributed by atoms with van der Waals surface area (Å²) in [5.74, 6) is 0.150. The second-order valence-electron chi connectivity index (χ2n) is 9.12. The number of hydrogen-bond acceptors (Lipinski definition) is 4. The molecule has 1 amide bonds. The maximum atomic E-state index is 13.5. The van der Waals surface area contributed by atoms with Crippen LogP contribution in [0.2, 0.25) is 0 Å². The van der Waals surface area contributed by atoms with Crippen LogP contribution in [0.3, 0.4) is 0 Å². The number of carbonyl (C=O) groups excluding carboxylic acids is 1. The molecular formula is C27H33N3OS. The fourth-order valence-electron chi connectivity index (χ4n) is 5.05. The summed E-state index contributed by atoms with van der Waals surface area (Å²) in [7, 11) is 0. The SMILES string of the molecule is CC1CCCC(C)N1CCCCCN1C(=O)C(c2ccc(C#N)cc2)Sc2ccccc21. The highest BCUT2D eigenvalue weighted by Gasteiger charge is 2.34. The zero-order chi connectivity index (χ0) is 22.5. The van der Waals surface area contributed by atoms with Gasteiger partial charge >= 0.3 is 0 Å². The van der Waals surface area contributed by atoms with E-state index in [0.717, 1.165) is 42.1 Å². The summed E-state index contributed by atoms with van der Waals surface area (Å²) < 4.78 is 0. The van der Waals surface area contributed by atoms with Crippen LogP contribution in [0.25, 0.3) is 0 Å². The smallest absolute Gasteiger partial charge is 0.245 e. The van der Waals surface area contributed by atoms with Gasteiger partial charge in [-0.05, 0) is 75.9 Å². The molecule has 0 aliphatic carbocycles. The topological polar surface area (TPSA) is 47.3 Å². The Balaban J connectivity index is 1.39. The Morgan fingerprint density at radius 3 is 2.38 bits per heavy atom. The van der Waals surface area contributed by atoms with Crippen molar-refractivity contribution in [2.75, 3.05) is 18.0 Å². The van der Waals surface area contributed by atoms with Gasteiger partial charge in [0.2, 0.25) is 5.91 Å². The molecule has 3 unspecified atom stereocenters. The summed E-state index contributed by atoms with van der Waals surface area (Å²) >= 11 is 1.62. The van der Waals surface area contributed by atoms with Gasteiger partial charge in [0.25, 0.3) is 0 Å². The summed E-state index contributed by atoms with van der Waals surface area (Å²) in [6.07, 6.45) is 7.33. The van der Waals surface area contributed by atoms with E-state index in [2.05, 4.69) is 36.9 Å². The van der Waals surface area contributed by atoms with E-state index in [1.165, 1.54) is 25.7 Å². The number of fused-ring (bicyclic) bond motifs is 1. The molecule has 2 aliphatic heterocycles. The molecule has 2 aromatic carbocycles. The minimum absolute atomic E-state index is 0.150. The van der Waals surface area contributed by atoms with Gasteiger partial charge in [-0.2, -0.15) is 5.26 Å². The Kier molecular flexibility index (Phi) is 7.55. The van der Waals surface area contributed by atoms with Crippen LogP contribution >= 0.6 is 11.8 Å². The highest BCUT2D eigenvalue weighted by molar-refractivity contribution is 8.00. The summed E-state index contributed by atoms with van der Waals surface area (Å²) in [6.45, 7) is 6.64. The average molecular weight is 448 g/mol. The molecule has 168 valence electrons. The first-order chi connectivity index (χ1) is 15.6. The van der Waals surface area contributed by atoms with Crippen LogP contribution in [0.1, 0.15) is 68.7 Å². The van der Waals surface area contributed by atoms with E-state index >= 15 is 0 Å². The van der Waals surface area contributed by atoms with Gasteiger partial charge in [-0.1, -0.05) is 37.1 Å². The minimum atomic E-state index is -0.257. The van der Waals surface area contributed by atoms with Gasteiger partial charge in [0.1, 0.15) is 5.25 Å². The predicted molar refractivity (Wildman–Crippen MR) is 132 cm³/mol. The lowest BCUT2D eigenvalue weighted by Crippen LogP contribution is -2.44. The number of rotatable bonds is 7. The monoisotopic (exact) mass is 447 g/mol. The van der Waals surface area contributed by atoms with Crippen LogP contribution in [0.5, 0.6) is 0 Å². The van der Waals surface area contributed by atoms with Crippen LogP contribution in [0, 0.1) is 11.3 Å². The molecule has 0 radical (unpaired) electrons. The van der Waals surface area contributed by atoms with Crippen molar-refractivity contribution in [3.8, 4) is 6.07 Å². The summed E-state index contributed by atoms with van der Waals surface area (Å²) in [5.41, 5.74) is 2.62. The van der Waals surface area contributed by atoms with Gasteiger partial charge in [0.15, 0.2) is 0 Å². The number of thioether (sulfide) groups is 1. The Labute approximate surface area is 196 Å². The third-order valence-corrected chi connectivity index (χ3v) is 8.22. The molecule has 4 nitrogen and oxygen atoms in total. The van der Waals surface area contributed by atoms with Crippen molar-refractivity contribution in [3.05, 3.63) is 59.7 Å². The van der Waals surface area contributed by atoms with Gasteiger partial charge in [-0.15, -0.1) is 11.8 Å². The number of anilines is 1. The van der Waals surface area contributed by atoms with Crippen molar-refractivity contribution >= 4 is 23.4 Å². The van der Waals surface area contributed by atoms with Crippen molar-refractivity contribution in [1.82, 2.24) is 4.90 Å². The lowest BCUT2D eigenvalue weighted by atomic mass is 9.97. The molecule has 2 aromatic rings. The predicted octanol–water partition coefficient (Wildman–Crippen LogP) is 6.17. The number of nitrogens with zero attached hydrogens (tertiary/aromatic N) is 3. The molecule has 0 spiro atoms. The van der Waals surface area contributed by atoms with Crippen molar-refractivity contribution in [1.29, 1.82) is 5.26 Å². The van der Waals surface area contributed by atoms with Gasteiger partial charge in [-0.3, -0.25) is 9.69 Å². The van der Waals surface area contributed by atoms with Crippen molar-refractivity contribution < 1.29 is 4.79 Å². The van der Waals surface area contributed by atoms with Crippen LogP contribution in [0.4, 0.5) is 5.69 Å².